The molecule has 1 aliphatic carbocycles. The first kappa shape index (κ1) is 20.5. The van der Waals surface area contributed by atoms with E-state index < -0.39 is 0 Å². The minimum atomic E-state index is -0.0718. The third-order valence-electron chi connectivity index (χ3n) is 9.59. The van der Waals surface area contributed by atoms with E-state index in [0.717, 1.165) is 66.6 Å². The molecule has 0 bridgehead atoms. The molecule has 6 nitrogen and oxygen atoms in total. The van der Waals surface area contributed by atoms with Gasteiger partial charge in [-0.15, -0.1) is 0 Å². The summed E-state index contributed by atoms with van der Waals surface area (Å²) in [5.41, 5.74) is 14.6. The maximum absolute atomic E-state index is 6.20. The van der Waals surface area contributed by atoms with Crippen molar-refractivity contribution in [1.29, 1.82) is 0 Å². The average Bonchev–Trinajstić information content (AvgIpc) is 3.79. The topological polar surface area (TPSA) is 52.2 Å². The van der Waals surface area contributed by atoms with Gasteiger partial charge in [-0.2, -0.15) is 0 Å². The number of benzene rings is 5. The highest BCUT2D eigenvalue weighted by molar-refractivity contribution is 6.18. The Hall–Kier alpha value is -5.36. The van der Waals surface area contributed by atoms with E-state index in [0.29, 0.717) is 0 Å². The fourth-order valence-electron chi connectivity index (χ4n) is 7.84. The molecule has 41 heavy (non-hydrogen) atoms. The third-order valence-corrected chi connectivity index (χ3v) is 9.59. The zero-order valence-electron chi connectivity index (χ0n) is 22.3. The lowest BCUT2D eigenvalue weighted by Crippen LogP contribution is -2.14. The Labute approximate surface area is 232 Å². The highest BCUT2D eigenvalue weighted by Crippen LogP contribution is 2.51. The molecular weight excluding hydrogens is 506 g/mol. The van der Waals surface area contributed by atoms with Crippen molar-refractivity contribution in [3.63, 3.8) is 0 Å². The monoisotopic (exact) mass is 527 g/mol. The fraction of sp³-hybridized carbons (Fsp3) is 0.0857. The highest BCUT2D eigenvalue weighted by Gasteiger charge is 2.38. The van der Waals surface area contributed by atoms with Gasteiger partial charge in [0.2, 0.25) is 11.6 Å². The third kappa shape index (κ3) is 2.10. The average molecular weight is 528 g/mol. The first-order valence-corrected chi connectivity index (χ1v) is 14.0. The number of rotatable bonds is 0. The van der Waals surface area contributed by atoms with Gasteiger partial charge in [0.25, 0.3) is 0 Å². The molecule has 0 saturated heterocycles. The number of furan rings is 1. The molecule has 5 heterocycles. The quantitative estimate of drug-likeness (QED) is 0.199. The molecule has 5 aromatic heterocycles. The van der Waals surface area contributed by atoms with Crippen molar-refractivity contribution in [2.45, 2.75) is 19.3 Å². The van der Waals surface area contributed by atoms with Crippen LogP contribution in [-0.2, 0) is 5.41 Å². The smallest absolute Gasteiger partial charge is 0.223 e. The van der Waals surface area contributed by atoms with Crippen molar-refractivity contribution >= 4 is 72.1 Å². The van der Waals surface area contributed by atoms with Crippen LogP contribution in [0.5, 0.6) is 0 Å². The predicted molar refractivity (Wildman–Crippen MR) is 163 cm³/mol. The summed E-state index contributed by atoms with van der Waals surface area (Å²) in [6.07, 6.45) is 0. The van der Waals surface area contributed by atoms with Crippen LogP contribution >= 0.6 is 0 Å². The molecule has 0 amide bonds. The second-order valence-corrected chi connectivity index (χ2v) is 11.9. The van der Waals surface area contributed by atoms with Gasteiger partial charge in [-0.1, -0.05) is 68.4 Å². The van der Waals surface area contributed by atoms with Gasteiger partial charge >= 0.3 is 0 Å². The second kappa shape index (κ2) is 6.34. The Morgan fingerprint density at radius 1 is 0.610 bits per heavy atom. The van der Waals surface area contributed by atoms with Crippen molar-refractivity contribution in [2.24, 2.45) is 0 Å². The van der Waals surface area contributed by atoms with Gasteiger partial charge in [0, 0.05) is 16.4 Å². The molecule has 10 aromatic rings. The van der Waals surface area contributed by atoms with E-state index in [9.17, 15) is 0 Å². The number of imidazole rings is 4. The molecule has 11 rings (SSSR count). The molecule has 6 heteroatoms. The summed E-state index contributed by atoms with van der Waals surface area (Å²) in [5.74, 6) is 1.76. The summed E-state index contributed by atoms with van der Waals surface area (Å²) in [6, 6.07) is 32.3. The number of aromatic nitrogens is 5. The van der Waals surface area contributed by atoms with Gasteiger partial charge in [0.1, 0.15) is 22.2 Å². The Morgan fingerprint density at radius 3 is 2.34 bits per heavy atom. The van der Waals surface area contributed by atoms with Crippen LogP contribution in [0.15, 0.2) is 95.4 Å². The van der Waals surface area contributed by atoms with Crippen LogP contribution in [0.4, 0.5) is 0 Å². The van der Waals surface area contributed by atoms with Crippen LogP contribution in [-0.4, -0.2) is 23.2 Å². The zero-order valence-corrected chi connectivity index (χ0v) is 22.3. The normalized spacial score (nSPS) is 14.8. The molecule has 192 valence electrons. The Bertz CT molecular complexity index is 2780. The van der Waals surface area contributed by atoms with Gasteiger partial charge in [0.05, 0.1) is 33.0 Å². The van der Waals surface area contributed by atoms with E-state index >= 15 is 0 Å². The number of hydrogen-bond donors (Lipinski definition) is 0. The minimum Gasteiger partial charge on any atom is -0.456 e. The summed E-state index contributed by atoms with van der Waals surface area (Å²) in [6.45, 7) is 4.66. The molecule has 0 aliphatic heterocycles. The number of hydrogen-bond acceptors (Lipinski definition) is 3. The zero-order chi connectivity index (χ0) is 26.8. The lowest BCUT2D eigenvalue weighted by atomic mass is 9.82. The predicted octanol–water partition coefficient (Wildman–Crippen LogP) is 8.34. The lowest BCUT2D eigenvalue weighted by Gasteiger charge is -2.21. The first-order chi connectivity index (χ1) is 20.1. The molecular formula is C35H21N5O. The Kier molecular flexibility index (Phi) is 3.17. The van der Waals surface area contributed by atoms with E-state index in [-0.39, 0.29) is 5.41 Å². The fourth-order valence-corrected chi connectivity index (χ4v) is 7.84. The molecule has 1 aliphatic rings. The van der Waals surface area contributed by atoms with Crippen LogP contribution in [0, 0.1) is 0 Å². The van der Waals surface area contributed by atoms with Crippen molar-refractivity contribution in [2.75, 3.05) is 0 Å². The van der Waals surface area contributed by atoms with Crippen molar-refractivity contribution < 1.29 is 4.42 Å². The van der Waals surface area contributed by atoms with Crippen LogP contribution < -0.4 is 0 Å². The second-order valence-electron chi connectivity index (χ2n) is 11.9. The van der Waals surface area contributed by atoms with Gasteiger partial charge in [-0.25, -0.2) is 14.4 Å². The largest absolute Gasteiger partial charge is 0.456 e. The molecule has 0 atom stereocenters. The number of para-hydroxylation sites is 2. The van der Waals surface area contributed by atoms with E-state index in [2.05, 4.69) is 106 Å². The van der Waals surface area contributed by atoms with E-state index in [1.807, 2.05) is 12.1 Å². The van der Waals surface area contributed by atoms with E-state index in [1.165, 1.54) is 27.8 Å². The number of nitrogens with zero attached hydrogens (tertiary/aromatic N) is 5. The van der Waals surface area contributed by atoms with Crippen molar-refractivity contribution in [3.05, 3.63) is 102 Å². The van der Waals surface area contributed by atoms with E-state index in [1.54, 1.807) is 0 Å². The SMILES string of the molecule is CC1(C)c2ccccc2-c2c1ccc1nc3n(c4cccc5c4n3c3nc4c6c(ccc4n53)oc3ccccc36)c21. The lowest BCUT2D eigenvalue weighted by molar-refractivity contribution is 0.661. The van der Waals surface area contributed by atoms with Crippen molar-refractivity contribution in [3.8, 4) is 11.1 Å². The Morgan fingerprint density at radius 2 is 1.41 bits per heavy atom. The molecule has 0 radical (unpaired) electrons. The van der Waals surface area contributed by atoms with Gasteiger partial charge in [0.15, 0.2) is 0 Å². The molecule has 0 spiro atoms. The molecule has 0 saturated carbocycles. The van der Waals surface area contributed by atoms with Crippen LogP contribution in [0.2, 0.25) is 0 Å². The van der Waals surface area contributed by atoms with E-state index in [4.69, 9.17) is 14.4 Å². The maximum Gasteiger partial charge on any atom is 0.223 e. The molecule has 5 aromatic carbocycles. The summed E-state index contributed by atoms with van der Waals surface area (Å²) < 4.78 is 13.1. The Balaban J connectivity index is 1.37. The summed E-state index contributed by atoms with van der Waals surface area (Å²) >= 11 is 0. The van der Waals surface area contributed by atoms with Crippen LogP contribution in [0.1, 0.15) is 25.0 Å². The standard InChI is InChI=1S/C35H21N5O/c1-35(2)20-10-5-3-8-18(20)28-21(35)14-15-22-31(28)39-25-12-7-11-24-32(25)40(33(39)36-22)34-37-30-23(38(24)34)16-17-27-29(30)19-9-4-6-13-26(19)41-27/h3-17H,1-2H3. The van der Waals surface area contributed by atoms with Gasteiger partial charge < -0.3 is 4.42 Å². The first-order valence-electron chi connectivity index (χ1n) is 14.0. The van der Waals surface area contributed by atoms with Crippen molar-refractivity contribution in [1.82, 2.24) is 23.2 Å². The van der Waals surface area contributed by atoms with Crippen LogP contribution in [0.25, 0.3) is 83.2 Å². The van der Waals surface area contributed by atoms with Crippen LogP contribution in [0.3, 0.4) is 0 Å². The summed E-state index contributed by atoms with van der Waals surface area (Å²) in [5, 5.41) is 2.14. The van der Waals surface area contributed by atoms with Gasteiger partial charge in [-0.05, 0) is 53.1 Å². The summed E-state index contributed by atoms with van der Waals surface area (Å²) in [7, 11) is 0. The maximum atomic E-state index is 6.20. The molecule has 0 fully saturated rings. The molecule has 0 unspecified atom stereocenters. The molecule has 0 N–H and O–H groups in total. The highest BCUT2D eigenvalue weighted by atomic mass is 16.3. The minimum absolute atomic E-state index is 0.0718. The summed E-state index contributed by atoms with van der Waals surface area (Å²) in [4.78, 5) is 10.6. The van der Waals surface area contributed by atoms with Gasteiger partial charge in [-0.3, -0.25) is 8.80 Å². The number of fused-ring (bicyclic) bond motifs is 18.